The minimum Gasteiger partial charge on any atom is -0.339 e. The topological polar surface area (TPSA) is 72.1 Å². The molecule has 4 rings (SSSR count). The first-order valence-electron chi connectivity index (χ1n) is 8.70. The Morgan fingerprint density at radius 1 is 1.04 bits per heavy atom. The van der Waals surface area contributed by atoms with Crippen LogP contribution in [0.15, 0.2) is 71.4 Å². The number of rotatable bonds is 5. The Morgan fingerprint density at radius 2 is 1.85 bits per heavy atom. The van der Waals surface area contributed by atoms with Crippen molar-refractivity contribution in [3.8, 4) is 11.5 Å². The van der Waals surface area contributed by atoms with Crippen LogP contribution >= 0.6 is 0 Å². The van der Waals surface area contributed by atoms with E-state index >= 15 is 0 Å². The molecule has 6 nitrogen and oxygen atoms in total. The zero-order valence-electron chi connectivity index (χ0n) is 14.9. The van der Waals surface area contributed by atoms with Crippen molar-refractivity contribution >= 4 is 22.4 Å². The fourth-order valence-electron chi connectivity index (χ4n) is 2.87. The number of benzene rings is 2. The van der Waals surface area contributed by atoms with Gasteiger partial charge in [-0.25, -0.2) is 0 Å². The number of hydrogen-bond acceptors (Lipinski definition) is 5. The van der Waals surface area contributed by atoms with Crippen LogP contribution in [-0.2, 0) is 11.2 Å². The Balaban J connectivity index is 1.42. The molecule has 1 amide bonds. The number of pyridine rings is 1. The number of carbonyl (C=O) groups excluding carboxylic acids is 1. The van der Waals surface area contributed by atoms with Crippen LogP contribution in [0.5, 0.6) is 0 Å². The van der Waals surface area contributed by atoms with E-state index in [0.717, 1.165) is 16.5 Å². The van der Waals surface area contributed by atoms with Crippen molar-refractivity contribution in [3.63, 3.8) is 0 Å². The number of amides is 1. The quantitative estimate of drug-likeness (QED) is 0.541. The molecule has 0 saturated carbocycles. The maximum Gasteiger partial charge on any atom is 0.227 e. The van der Waals surface area contributed by atoms with Gasteiger partial charge < -0.3 is 9.42 Å². The van der Waals surface area contributed by atoms with Gasteiger partial charge in [-0.1, -0.05) is 41.6 Å². The average Bonchev–Trinajstić information content (AvgIpc) is 3.21. The van der Waals surface area contributed by atoms with Gasteiger partial charge in [-0.2, -0.15) is 4.98 Å². The highest BCUT2D eigenvalue weighted by Crippen LogP contribution is 2.22. The molecule has 0 bridgehead atoms. The second-order valence-electron chi connectivity index (χ2n) is 6.21. The second kappa shape index (κ2) is 7.37. The zero-order valence-corrected chi connectivity index (χ0v) is 14.9. The molecule has 27 heavy (non-hydrogen) atoms. The fourth-order valence-corrected chi connectivity index (χ4v) is 2.87. The van der Waals surface area contributed by atoms with Crippen LogP contribution in [0.3, 0.4) is 0 Å². The van der Waals surface area contributed by atoms with E-state index in [9.17, 15) is 4.79 Å². The van der Waals surface area contributed by atoms with Crippen molar-refractivity contribution in [2.24, 2.45) is 0 Å². The molecule has 0 spiro atoms. The Bertz CT molecular complexity index is 1080. The molecule has 2 heterocycles. The summed E-state index contributed by atoms with van der Waals surface area (Å²) in [5.41, 5.74) is 1.51. The van der Waals surface area contributed by atoms with E-state index in [1.165, 1.54) is 0 Å². The van der Waals surface area contributed by atoms with Crippen molar-refractivity contribution < 1.29 is 9.32 Å². The minimum absolute atomic E-state index is 0.0112. The first-order valence-corrected chi connectivity index (χ1v) is 8.70. The fraction of sp³-hybridized carbons (Fsp3) is 0.143. The molecule has 0 aliphatic heterocycles. The van der Waals surface area contributed by atoms with Crippen LogP contribution in [0.1, 0.15) is 12.3 Å². The third-order valence-electron chi connectivity index (χ3n) is 4.41. The van der Waals surface area contributed by atoms with Crippen molar-refractivity contribution in [2.75, 3.05) is 11.9 Å². The number of hydrogen-bond donors (Lipinski definition) is 0. The Labute approximate surface area is 156 Å². The molecule has 0 radical (unpaired) electrons. The van der Waals surface area contributed by atoms with Gasteiger partial charge in [-0.05, 0) is 35.0 Å². The summed E-state index contributed by atoms with van der Waals surface area (Å²) in [6.07, 6.45) is 2.34. The average molecular weight is 358 g/mol. The first-order chi connectivity index (χ1) is 13.2. The van der Waals surface area contributed by atoms with E-state index in [2.05, 4.69) is 21.2 Å². The maximum atomic E-state index is 12.6. The normalized spacial score (nSPS) is 10.9. The summed E-state index contributed by atoms with van der Waals surface area (Å²) >= 11 is 0. The number of aryl methyl sites for hydroxylation is 1. The molecule has 2 aromatic carbocycles. The number of aromatic nitrogens is 3. The molecular formula is C21H18N4O2. The van der Waals surface area contributed by atoms with Crippen molar-refractivity contribution in [2.45, 2.75) is 12.8 Å². The van der Waals surface area contributed by atoms with E-state index in [0.29, 0.717) is 23.8 Å². The molecule has 0 N–H and O–H groups in total. The van der Waals surface area contributed by atoms with Crippen LogP contribution in [0.2, 0.25) is 0 Å². The zero-order chi connectivity index (χ0) is 18.6. The molecular weight excluding hydrogens is 340 g/mol. The van der Waals surface area contributed by atoms with Gasteiger partial charge >= 0.3 is 0 Å². The highest BCUT2D eigenvalue weighted by molar-refractivity contribution is 5.96. The highest BCUT2D eigenvalue weighted by Gasteiger charge is 2.15. The molecule has 0 unspecified atom stereocenters. The largest absolute Gasteiger partial charge is 0.339 e. The van der Waals surface area contributed by atoms with Gasteiger partial charge in [0.15, 0.2) is 0 Å². The molecule has 0 fully saturated rings. The lowest BCUT2D eigenvalue weighted by Gasteiger charge is -2.17. The van der Waals surface area contributed by atoms with Gasteiger partial charge in [0.25, 0.3) is 0 Å². The molecule has 134 valence electrons. The predicted octanol–water partition coefficient (Wildman–Crippen LogP) is 3.88. The molecule has 0 aliphatic rings. The van der Waals surface area contributed by atoms with Crippen LogP contribution in [0.4, 0.5) is 5.69 Å². The van der Waals surface area contributed by atoms with Gasteiger partial charge in [0, 0.05) is 31.8 Å². The summed E-state index contributed by atoms with van der Waals surface area (Å²) < 4.78 is 5.24. The Morgan fingerprint density at radius 3 is 2.67 bits per heavy atom. The first kappa shape index (κ1) is 16.9. The molecule has 6 heteroatoms. The predicted molar refractivity (Wildman–Crippen MR) is 103 cm³/mol. The Kier molecular flexibility index (Phi) is 4.61. The Hall–Kier alpha value is -3.54. The van der Waals surface area contributed by atoms with E-state index in [1.54, 1.807) is 18.1 Å². The van der Waals surface area contributed by atoms with Gasteiger partial charge in [0.05, 0.1) is 0 Å². The lowest BCUT2D eigenvalue weighted by atomic mass is 10.1. The van der Waals surface area contributed by atoms with E-state index in [1.807, 2.05) is 54.6 Å². The van der Waals surface area contributed by atoms with Crippen molar-refractivity contribution in [1.82, 2.24) is 15.1 Å². The summed E-state index contributed by atoms with van der Waals surface area (Å²) in [6, 6.07) is 19.6. The van der Waals surface area contributed by atoms with Gasteiger partial charge in [-0.3, -0.25) is 9.78 Å². The smallest absolute Gasteiger partial charge is 0.227 e. The van der Waals surface area contributed by atoms with E-state index in [4.69, 9.17) is 4.52 Å². The number of carbonyl (C=O) groups is 1. The molecule has 2 aromatic heterocycles. The van der Waals surface area contributed by atoms with Gasteiger partial charge in [0.2, 0.25) is 17.6 Å². The van der Waals surface area contributed by atoms with Crippen LogP contribution in [0, 0.1) is 0 Å². The maximum absolute atomic E-state index is 12.6. The molecule has 0 saturated heterocycles. The number of anilines is 1. The molecule has 0 atom stereocenters. The second-order valence-corrected chi connectivity index (χ2v) is 6.21. The SMILES string of the molecule is CN(C(=O)CCc1nc(-c2ccccn2)no1)c1ccc2ccccc2c1. The third kappa shape index (κ3) is 3.69. The summed E-state index contributed by atoms with van der Waals surface area (Å²) in [7, 11) is 1.78. The standard InChI is InChI=1S/C21H18N4O2/c1-25(17-10-9-15-6-2-3-7-16(15)14-17)20(26)12-11-19-23-21(24-27-19)18-8-4-5-13-22-18/h2-10,13-14H,11-12H2,1H3. The summed E-state index contributed by atoms with van der Waals surface area (Å²) in [6.45, 7) is 0. The summed E-state index contributed by atoms with van der Waals surface area (Å²) in [4.78, 5) is 22.7. The third-order valence-corrected chi connectivity index (χ3v) is 4.41. The molecule has 4 aromatic rings. The molecule has 0 aliphatic carbocycles. The lowest BCUT2D eigenvalue weighted by molar-refractivity contribution is -0.118. The van der Waals surface area contributed by atoms with E-state index < -0.39 is 0 Å². The number of fused-ring (bicyclic) bond motifs is 1. The van der Waals surface area contributed by atoms with Gasteiger partial charge in [-0.15, -0.1) is 0 Å². The van der Waals surface area contributed by atoms with Crippen LogP contribution in [-0.4, -0.2) is 28.1 Å². The van der Waals surface area contributed by atoms with Crippen molar-refractivity contribution in [3.05, 3.63) is 72.8 Å². The van der Waals surface area contributed by atoms with E-state index in [-0.39, 0.29) is 12.3 Å². The lowest BCUT2D eigenvalue weighted by Crippen LogP contribution is -2.26. The summed E-state index contributed by atoms with van der Waals surface area (Å²) in [5, 5.41) is 6.18. The monoisotopic (exact) mass is 358 g/mol. The van der Waals surface area contributed by atoms with Crippen molar-refractivity contribution in [1.29, 1.82) is 0 Å². The summed E-state index contributed by atoms with van der Waals surface area (Å²) in [5.74, 6) is 0.847. The van der Waals surface area contributed by atoms with Crippen LogP contribution in [0.25, 0.3) is 22.3 Å². The van der Waals surface area contributed by atoms with Gasteiger partial charge in [0.1, 0.15) is 5.69 Å². The van der Waals surface area contributed by atoms with Crippen LogP contribution < -0.4 is 4.90 Å². The highest BCUT2D eigenvalue weighted by atomic mass is 16.5. The number of nitrogens with zero attached hydrogens (tertiary/aromatic N) is 4. The minimum atomic E-state index is -0.0112.